The van der Waals surface area contributed by atoms with Crippen molar-refractivity contribution >= 4 is 27.9 Å². The molecule has 0 saturated heterocycles. The molecule has 1 atom stereocenters. The van der Waals surface area contributed by atoms with Gasteiger partial charge in [0.2, 0.25) is 0 Å². The predicted octanol–water partition coefficient (Wildman–Crippen LogP) is 3.01. The van der Waals surface area contributed by atoms with Crippen LogP contribution in [0, 0.1) is 0 Å². The van der Waals surface area contributed by atoms with Gasteiger partial charge in [-0.05, 0) is 42.3 Å². The summed E-state index contributed by atoms with van der Waals surface area (Å²) in [6, 6.07) is 10.7. The zero-order valence-corrected chi connectivity index (χ0v) is 16.0. The molecule has 0 bridgehead atoms. The van der Waals surface area contributed by atoms with E-state index in [0.29, 0.717) is 41.8 Å². The average molecular weight is 401 g/mol. The highest BCUT2D eigenvalue weighted by atomic mass is 32.2. The summed E-state index contributed by atoms with van der Waals surface area (Å²) in [6.45, 7) is 0.946. The molecule has 0 radical (unpaired) electrons. The number of ether oxygens (including phenoxy) is 3. The van der Waals surface area contributed by atoms with E-state index in [2.05, 4.69) is 0 Å². The molecule has 4 rings (SSSR count). The number of carboxylic acid groups (broad SMARTS) is 1. The van der Waals surface area contributed by atoms with Crippen LogP contribution in [0.3, 0.4) is 0 Å². The monoisotopic (exact) mass is 401 g/mol. The lowest BCUT2D eigenvalue weighted by Crippen LogP contribution is -2.15. The van der Waals surface area contributed by atoms with Crippen LogP contribution in [0.1, 0.15) is 12.0 Å². The third kappa shape index (κ3) is 3.43. The van der Waals surface area contributed by atoms with Gasteiger partial charge in [-0.1, -0.05) is 0 Å². The lowest BCUT2D eigenvalue weighted by atomic mass is 10.1. The maximum absolute atomic E-state index is 13.3. The summed E-state index contributed by atoms with van der Waals surface area (Å²) in [5, 5.41) is 9.86. The summed E-state index contributed by atoms with van der Waals surface area (Å²) in [5.41, 5.74) is 1.55. The number of nitrogens with zero attached hydrogens (tertiary/aromatic N) is 1. The van der Waals surface area contributed by atoms with E-state index in [1.807, 2.05) is 12.1 Å². The number of aliphatic carboxylic acids is 1. The summed E-state index contributed by atoms with van der Waals surface area (Å²) >= 11 is 0. The van der Waals surface area contributed by atoms with Crippen molar-refractivity contribution in [2.75, 3.05) is 20.3 Å². The first kappa shape index (κ1) is 18.4. The van der Waals surface area contributed by atoms with Crippen molar-refractivity contribution in [3.8, 4) is 17.2 Å². The van der Waals surface area contributed by atoms with Crippen LogP contribution in [0.25, 0.3) is 10.9 Å². The Hall–Kier alpha value is -3.00. The normalized spacial score (nSPS) is 14.0. The van der Waals surface area contributed by atoms with Crippen LogP contribution in [-0.4, -0.2) is 39.6 Å². The first-order chi connectivity index (χ1) is 13.6. The highest BCUT2D eigenvalue weighted by Gasteiger charge is 2.19. The van der Waals surface area contributed by atoms with Crippen LogP contribution < -0.4 is 14.2 Å². The van der Waals surface area contributed by atoms with E-state index >= 15 is 0 Å². The van der Waals surface area contributed by atoms with Gasteiger partial charge < -0.3 is 19.3 Å². The number of fused-ring (bicyclic) bond motifs is 2. The van der Waals surface area contributed by atoms with Gasteiger partial charge in [-0.15, -0.1) is 0 Å². The Morgan fingerprint density at radius 3 is 2.71 bits per heavy atom. The second kappa shape index (κ2) is 7.55. The Bertz CT molecular complexity index is 1070. The van der Waals surface area contributed by atoms with Crippen LogP contribution in [-0.2, 0) is 22.2 Å². The number of carbonyl (C=O) groups is 1. The van der Waals surface area contributed by atoms with Crippen molar-refractivity contribution in [1.82, 2.24) is 3.97 Å². The van der Waals surface area contributed by atoms with Crippen molar-refractivity contribution in [3.05, 3.63) is 48.2 Å². The van der Waals surface area contributed by atoms with Gasteiger partial charge in [0.1, 0.15) is 19.0 Å². The Morgan fingerprint density at radius 2 is 1.96 bits per heavy atom. The Kier molecular flexibility index (Phi) is 4.95. The number of aromatic nitrogens is 1. The molecule has 2 aromatic carbocycles. The van der Waals surface area contributed by atoms with Crippen LogP contribution in [0.4, 0.5) is 0 Å². The zero-order chi connectivity index (χ0) is 19.7. The highest BCUT2D eigenvalue weighted by Crippen LogP contribution is 2.34. The fraction of sp³-hybridized carbons (Fsp3) is 0.250. The number of aryl methyl sites for hydroxylation is 1. The summed E-state index contributed by atoms with van der Waals surface area (Å²) in [7, 11) is 0.0433. The van der Waals surface area contributed by atoms with E-state index in [1.54, 1.807) is 41.5 Å². The van der Waals surface area contributed by atoms with Crippen molar-refractivity contribution in [3.63, 3.8) is 0 Å². The molecule has 0 amide bonds. The molecule has 0 saturated carbocycles. The van der Waals surface area contributed by atoms with Crippen molar-refractivity contribution in [2.45, 2.75) is 17.7 Å². The van der Waals surface area contributed by atoms with Crippen LogP contribution in [0.2, 0.25) is 0 Å². The van der Waals surface area contributed by atoms with Gasteiger partial charge in [0.15, 0.2) is 22.5 Å². The molecule has 1 aliphatic heterocycles. The topological polar surface area (TPSA) is 87.0 Å². The molecule has 0 fully saturated rings. The van der Waals surface area contributed by atoms with Crippen LogP contribution in [0.15, 0.2) is 47.5 Å². The number of benzene rings is 2. The van der Waals surface area contributed by atoms with Gasteiger partial charge in [-0.2, -0.15) is 0 Å². The average Bonchev–Trinajstić information content (AvgIpc) is 3.09. The molecule has 2 heterocycles. The fourth-order valence-corrected chi connectivity index (χ4v) is 4.38. The molecule has 1 unspecified atom stereocenters. The van der Waals surface area contributed by atoms with Gasteiger partial charge in [-0.25, -0.2) is 4.21 Å². The third-order valence-corrected chi connectivity index (χ3v) is 5.88. The standard InChI is InChI=1S/C20H19NO6S/c1-25-14-3-5-17-16(10-14)13(2-7-20(22)23)12-21(17)28(24)15-4-6-18-19(11-15)27-9-8-26-18/h3-6,10-12H,2,7-9H2,1H3,(H,22,23). The Balaban J connectivity index is 1.77. The molecule has 3 aromatic rings. The maximum Gasteiger partial charge on any atom is 0.303 e. The quantitative estimate of drug-likeness (QED) is 0.683. The predicted molar refractivity (Wildman–Crippen MR) is 104 cm³/mol. The summed E-state index contributed by atoms with van der Waals surface area (Å²) in [6.07, 6.45) is 2.08. The zero-order valence-electron chi connectivity index (χ0n) is 15.2. The lowest BCUT2D eigenvalue weighted by molar-refractivity contribution is -0.136. The van der Waals surface area contributed by atoms with E-state index in [1.165, 1.54) is 0 Å². The Morgan fingerprint density at radius 1 is 1.18 bits per heavy atom. The maximum atomic E-state index is 13.3. The molecule has 1 aromatic heterocycles. The van der Waals surface area contributed by atoms with Crippen LogP contribution in [0.5, 0.6) is 17.2 Å². The molecule has 1 aliphatic rings. The van der Waals surface area contributed by atoms with Gasteiger partial charge in [0.05, 0.1) is 17.5 Å². The van der Waals surface area contributed by atoms with E-state index < -0.39 is 17.0 Å². The minimum Gasteiger partial charge on any atom is -0.497 e. The van der Waals surface area contributed by atoms with Gasteiger partial charge in [0.25, 0.3) is 0 Å². The molecule has 1 N–H and O–H groups in total. The first-order valence-electron chi connectivity index (χ1n) is 8.78. The lowest BCUT2D eigenvalue weighted by Gasteiger charge is -2.18. The number of hydrogen-bond donors (Lipinski definition) is 1. The number of hydrogen-bond acceptors (Lipinski definition) is 5. The summed E-state index contributed by atoms with van der Waals surface area (Å²) in [4.78, 5) is 11.6. The molecular formula is C20H19NO6S. The minimum atomic E-state index is -1.53. The molecule has 0 aliphatic carbocycles. The minimum absolute atomic E-state index is 0.00696. The summed E-state index contributed by atoms with van der Waals surface area (Å²) < 4.78 is 31.3. The van der Waals surface area contributed by atoms with E-state index in [9.17, 15) is 9.00 Å². The smallest absolute Gasteiger partial charge is 0.303 e. The fourth-order valence-electron chi connectivity index (χ4n) is 3.20. The second-order valence-electron chi connectivity index (χ2n) is 6.31. The molecule has 28 heavy (non-hydrogen) atoms. The Labute approximate surface area is 164 Å². The summed E-state index contributed by atoms with van der Waals surface area (Å²) in [5.74, 6) is 0.987. The number of carboxylic acids is 1. The van der Waals surface area contributed by atoms with Crippen molar-refractivity contribution in [1.29, 1.82) is 0 Å². The van der Waals surface area contributed by atoms with Gasteiger partial charge >= 0.3 is 5.97 Å². The van der Waals surface area contributed by atoms with Crippen molar-refractivity contribution < 1.29 is 28.3 Å². The SMILES string of the molecule is COc1ccc2c(c1)c(CCC(=O)O)cn2S(=O)c1ccc2c(c1)OCCO2. The third-order valence-electron chi connectivity index (χ3n) is 4.56. The van der Waals surface area contributed by atoms with Gasteiger partial charge in [-0.3, -0.25) is 8.77 Å². The number of rotatable bonds is 6. The van der Waals surface area contributed by atoms with E-state index in [4.69, 9.17) is 19.3 Å². The molecule has 7 nitrogen and oxygen atoms in total. The molecule has 0 spiro atoms. The first-order valence-corrected chi connectivity index (χ1v) is 9.89. The molecular weight excluding hydrogens is 382 g/mol. The van der Waals surface area contributed by atoms with Crippen molar-refractivity contribution in [2.24, 2.45) is 0 Å². The highest BCUT2D eigenvalue weighted by molar-refractivity contribution is 7.83. The van der Waals surface area contributed by atoms with Crippen LogP contribution >= 0.6 is 0 Å². The van der Waals surface area contributed by atoms with E-state index in [-0.39, 0.29) is 6.42 Å². The molecule has 146 valence electrons. The number of methoxy groups -OCH3 is 1. The van der Waals surface area contributed by atoms with E-state index in [0.717, 1.165) is 16.5 Å². The largest absolute Gasteiger partial charge is 0.497 e. The molecule has 8 heteroatoms. The van der Waals surface area contributed by atoms with Gasteiger partial charge in [0, 0.05) is 24.1 Å². The second-order valence-corrected chi connectivity index (χ2v) is 7.67.